The normalized spacial score (nSPS) is 10.3. The Kier molecular flexibility index (Phi) is 4.25. The molecule has 2 rings (SSSR count). The monoisotopic (exact) mass is 263 g/mol. The van der Waals surface area contributed by atoms with Gasteiger partial charge in [-0.3, -0.25) is 0 Å². The van der Waals surface area contributed by atoms with Crippen molar-refractivity contribution in [3.63, 3.8) is 0 Å². The average Bonchev–Trinajstić information content (AvgIpc) is 2.44. The van der Waals surface area contributed by atoms with Gasteiger partial charge in [0.1, 0.15) is 5.75 Å². The van der Waals surface area contributed by atoms with Gasteiger partial charge in [0.15, 0.2) is 0 Å². The summed E-state index contributed by atoms with van der Waals surface area (Å²) in [5.74, 6) is 0.00216. The number of nitrogens with zero attached hydrogens (tertiary/aromatic N) is 2. The first-order valence-electron chi connectivity index (χ1n) is 5.81. The van der Waals surface area contributed by atoms with Crippen LogP contribution in [0.1, 0.15) is 5.56 Å². The minimum absolute atomic E-state index is 0.0896. The van der Waals surface area contributed by atoms with Crippen LogP contribution in [0.2, 0.25) is 0 Å². The maximum atomic E-state index is 13.5. The molecule has 2 N–H and O–H groups in total. The molecular weight excluding hydrogens is 249 g/mol. The van der Waals surface area contributed by atoms with Crippen LogP contribution in [-0.4, -0.2) is 28.7 Å². The third-order valence-corrected chi connectivity index (χ3v) is 2.47. The van der Waals surface area contributed by atoms with E-state index in [-0.39, 0.29) is 18.4 Å². The minimum atomic E-state index is -0.626. The van der Waals surface area contributed by atoms with Gasteiger partial charge in [-0.2, -0.15) is 9.37 Å². The van der Waals surface area contributed by atoms with Crippen LogP contribution < -0.4 is 10.1 Å². The predicted molar refractivity (Wildman–Crippen MR) is 68.8 cm³/mol. The van der Waals surface area contributed by atoms with Gasteiger partial charge in [-0.25, -0.2) is 4.98 Å². The second kappa shape index (κ2) is 6.10. The van der Waals surface area contributed by atoms with E-state index in [9.17, 15) is 4.39 Å². The van der Waals surface area contributed by atoms with Gasteiger partial charge in [0.05, 0.1) is 6.20 Å². The van der Waals surface area contributed by atoms with Crippen LogP contribution in [0.3, 0.4) is 0 Å². The molecule has 0 atom stereocenters. The summed E-state index contributed by atoms with van der Waals surface area (Å²) in [5.41, 5.74) is 0.980. The van der Waals surface area contributed by atoms with Gasteiger partial charge < -0.3 is 15.2 Å². The molecular formula is C13H14FN3O2. The van der Waals surface area contributed by atoms with Gasteiger partial charge in [0.2, 0.25) is 11.8 Å². The smallest absolute Gasteiger partial charge is 0.260 e. The highest BCUT2D eigenvalue weighted by atomic mass is 19.1. The first-order valence-corrected chi connectivity index (χ1v) is 5.81. The van der Waals surface area contributed by atoms with E-state index in [0.717, 1.165) is 11.8 Å². The van der Waals surface area contributed by atoms with Crippen molar-refractivity contribution in [3.05, 3.63) is 41.8 Å². The SMILES string of the molecule is CNc1ncc(F)c(Oc2ccc(CCO)cc2)n1. The molecule has 0 spiro atoms. The van der Waals surface area contributed by atoms with Crippen molar-refractivity contribution in [3.8, 4) is 11.6 Å². The Morgan fingerprint density at radius 1 is 1.32 bits per heavy atom. The third kappa shape index (κ3) is 3.38. The van der Waals surface area contributed by atoms with Crippen LogP contribution in [-0.2, 0) is 6.42 Å². The summed E-state index contributed by atoms with van der Waals surface area (Å²) in [6.07, 6.45) is 1.63. The summed E-state index contributed by atoms with van der Waals surface area (Å²) in [5, 5.41) is 11.5. The summed E-state index contributed by atoms with van der Waals surface area (Å²) in [4.78, 5) is 7.62. The molecule has 1 aromatic carbocycles. The molecule has 0 aliphatic rings. The number of aliphatic hydroxyl groups is 1. The van der Waals surface area contributed by atoms with Crippen molar-refractivity contribution in [2.75, 3.05) is 19.0 Å². The number of aromatic nitrogens is 2. The molecule has 6 heteroatoms. The van der Waals surface area contributed by atoms with Gasteiger partial charge in [-0.1, -0.05) is 12.1 Å². The fraction of sp³-hybridized carbons (Fsp3) is 0.231. The molecule has 19 heavy (non-hydrogen) atoms. The van der Waals surface area contributed by atoms with Gasteiger partial charge in [-0.15, -0.1) is 0 Å². The third-order valence-electron chi connectivity index (χ3n) is 2.47. The van der Waals surface area contributed by atoms with Crippen LogP contribution in [0.5, 0.6) is 11.6 Å². The highest BCUT2D eigenvalue weighted by Crippen LogP contribution is 2.23. The molecule has 1 heterocycles. The Labute approximate surface area is 110 Å². The van der Waals surface area contributed by atoms with E-state index in [4.69, 9.17) is 9.84 Å². The number of halogens is 1. The molecule has 0 aliphatic heterocycles. The molecule has 0 saturated carbocycles. The zero-order chi connectivity index (χ0) is 13.7. The molecule has 2 aromatic rings. The number of ether oxygens (including phenoxy) is 1. The molecule has 0 saturated heterocycles. The molecule has 0 radical (unpaired) electrons. The Balaban J connectivity index is 2.16. The van der Waals surface area contributed by atoms with E-state index in [1.54, 1.807) is 19.2 Å². The topological polar surface area (TPSA) is 67.3 Å². The number of hydrogen-bond acceptors (Lipinski definition) is 5. The van der Waals surface area contributed by atoms with E-state index in [1.807, 2.05) is 12.1 Å². The molecule has 100 valence electrons. The fourth-order valence-electron chi connectivity index (χ4n) is 1.51. The highest BCUT2D eigenvalue weighted by Gasteiger charge is 2.08. The van der Waals surface area contributed by atoms with Crippen molar-refractivity contribution < 1.29 is 14.2 Å². The van der Waals surface area contributed by atoms with Crippen molar-refractivity contribution in [2.24, 2.45) is 0 Å². The molecule has 1 aromatic heterocycles. The second-order valence-electron chi connectivity index (χ2n) is 3.82. The molecule has 0 amide bonds. The van der Waals surface area contributed by atoms with Gasteiger partial charge in [-0.05, 0) is 24.1 Å². The standard InChI is InChI=1S/C13H14FN3O2/c1-15-13-16-8-11(14)12(17-13)19-10-4-2-9(3-5-10)6-7-18/h2-5,8,18H,6-7H2,1H3,(H,15,16,17). The Hall–Kier alpha value is -2.21. The zero-order valence-corrected chi connectivity index (χ0v) is 10.4. The predicted octanol–water partition coefficient (Wildman–Crippen LogP) is 1.98. The second-order valence-corrected chi connectivity index (χ2v) is 3.82. The largest absolute Gasteiger partial charge is 0.436 e. The van der Waals surface area contributed by atoms with Crippen LogP contribution >= 0.6 is 0 Å². The average molecular weight is 263 g/mol. The molecule has 0 unspecified atom stereocenters. The van der Waals surface area contributed by atoms with Crippen molar-refractivity contribution in [2.45, 2.75) is 6.42 Å². The number of aliphatic hydroxyl groups excluding tert-OH is 1. The van der Waals surface area contributed by atoms with Crippen LogP contribution in [0.4, 0.5) is 10.3 Å². The molecule has 5 nitrogen and oxygen atoms in total. The maximum absolute atomic E-state index is 13.5. The summed E-state index contributed by atoms with van der Waals surface area (Å²) in [6.45, 7) is 0.0896. The van der Waals surface area contributed by atoms with Crippen molar-refractivity contribution >= 4 is 5.95 Å². The van der Waals surface area contributed by atoms with Crippen molar-refractivity contribution in [1.82, 2.24) is 9.97 Å². The number of benzene rings is 1. The Morgan fingerprint density at radius 2 is 2.05 bits per heavy atom. The number of rotatable bonds is 5. The van der Waals surface area contributed by atoms with E-state index in [0.29, 0.717) is 12.2 Å². The lowest BCUT2D eigenvalue weighted by Gasteiger charge is -2.07. The van der Waals surface area contributed by atoms with E-state index in [2.05, 4.69) is 15.3 Å². The quantitative estimate of drug-likeness (QED) is 0.863. The lowest BCUT2D eigenvalue weighted by Crippen LogP contribution is -2.00. The maximum Gasteiger partial charge on any atom is 0.260 e. The van der Waals surface area contributed by atoms with Crippen LogP contribution in [0, 0.1) is 5.82 Å². The molecule has 0 aliphatic carbocycles. The highest BCUT2D eigenvalue weighted by molar-refractivity contribution is 5.33. The summed E-state index contributed by atoms with van der Waals surface area (Å²) in [7, 11) is 1.64. The fourth-order valence-corrected chi connectivity index (χ4v) is 1.51. The first kappa shape index (κ1) is 13.2. The Bertz CT molecular complexity index is 546. The summed E-state index contributed by atoms with van der Waals surface area (Å²) in [6, 6.07) is 7.02. The lowest BCUT2D eigenvalue weighted by molar-refractivity contribution is 0.299. The van der Waals surface area contributed by atoms with Gasteiger partial charge >= 0.3 is 0 Å². The van der Waals surface area contributed by atoms with E-state index < -0.39 is 5.82 Å². The minimum Gasteiger partial charge on any atom is -0.436 e. The van der Waals surface area contributed by atoms with Crippen LogP contribution in [0.15, 0.2) is 30.5 Å². The van der Waals surface area contributed by atoms with E-state index in [1.165, 1.54) is 0 Å². The van der Waals surface area contributed by atoms with Crippen molar-refractivity contribution in [1.29, 1.82) is 0 Å². The zero-order valence-electron chi connectivity index (χ0n) is 10.4. The number of anilines is 1. The molecule has 0 bridgehead atoms. The van der Waals surface area contributed by atoms with E-state index >= 15 is 0 Å². The summed E-state index contributed by atoms with van der Waals surface area (Å²) >= 11 is 0. The lowest BCUT2D eigenvalue weighted by atomic mass is 10.1. The summed E-state index contributed by atoms with van der Waals surface area (Å²) < 4.78 is 18.8. The molecule has 0 fully saturated rings. The first-order chi connectivity index (χ1) is 9.22. The number of nitrogens with one attached hydrogen (secondary N) is 1. The van der Waals surface area contributed by atoms with Gasteiger partial charge in [0, 0.05) is 13.7 Å². The number of hydrogen-bond donors (Lipinski definition) is 2. The van der Waals surface area contributed by atoms with Gasteiger partial charge in [0.25, 0.3) is 5.88 Å². The Morgan fingerprint density at radius 3 is 2.68 bits per heavy atom. The van der Waals surface area contributed by atoms with Crippen LogP contribution in [0.25, 0.3) is 0 Å².